The Morgan fingerprint density at radius 3 is 2.96 bits per heavy atom. The van der Waals surface area contributed by atoms with Crippen LogP contribution in [0.2, 0.25) is 0 Å². The average Bonchev–Trinajstić information content (AvgIpc) is 3.45. The molecule has 0 radical (unpaired) electrons. The van der Waals surface area contributed by atoms with Crippen molar-refractivity contribution in [2.24, 2.45) is 5.92 Å². The van der Waals surface area contributed by atoms with E-state index in [0.717, 1.165) is 63.1 Å². The van der Waals surface area contributed by atoms with Gasteiger partial charge in [-0.25, -0.2) is 0 Å². The van der Waals surface area contributed by atoms with Crippen LogP contribution in [0.5, 0.6) is 0 Å². The summed E-state index contributed by atoms with van der Waals surface area (Å²) >= 11 is 0. The van der Waals surface area contributed by atoms with Crippen molar-refractivity contribution in [1.82, 2.24) is 25.7 Å². The first-order chi connectivity index (χ1) is 13.4. The van der Waals surface area contributed by atoms with E-state index in [-0.39, 0.29) is 0 Å². The minimum Gasteiger partial charge on any atom is -0.378 e. The van der Waals surface area contributed by atoms with Gasteiger partial charge in [0.15, 0.2) is 0 Å². The number of aromatic amines is 1. The Morgan fingerprint density at radius 2 is 2.11 bits per heavy atom. The molecule has 1 saturated carbocycles. The van der Waals surface area contributed by atoms with Crippen LogP contribution in [-0.4, -0.2) is 54.5 Å². The summed E-state index contributed by atoms with van der Waals surface area (Å²) in [5.74, 6) is 2.08. The summed E-state index contributed by atoms with van der Waals surface area (Å²) in [4.78, 5) is 2.36. The summed E-state index contributed by atoms with van der Waals surface area (Å²) < 4.78 is 5.48. The predicted molar refractivity (Wildman–Crippen MR) is 107 cm³/mol. The Labute approximate surface area is 159 Å². The fourth-order valence-corrected chi connectivity index (χ4v) is 3.83. The van der Waals surface area contributed by atoms with Crippen LogP contribution in [0, 0.1) is 5.92 Å². The highest BCUT2D eigenvalue weighted by atomic mass is 16.5. The van der Waals surface area contributed by atoms with Crippen molar-refractivity contribution in [2.75, 3.05) is 39.4 Å². The maximum atomic E-state index is 5.48. The number of allylic oxidation sites excluding steroid dienone is 2. The van der Waals surface area contributed by atoms with Crippen molar-refractivity contribution in [3.8, 4) is 0 Å². The summed E-state index contributed by atoms with van der Waals surface area (Å²) in [6, 6.07) is 6.61. The number of fused-ring (bicyclic) bond motifs is 1. The van der Waals surface area contributed by atoms with Crippen molar-refractivity contribution in [3.05, 3.63) is 47.4 Å². The van der Waals surface area contributed by atoms with Crippen LogP contribution < -0.4 is 10.6 Å². The quantitative estimate of drug-likeness (QED) is 0.733. The molecule has 3 N–H and O–H groups in total. The normalized spacial score (nSPS) is 20.4. The number of hydrogen-bond donors (Lipinski definition) is 3. The zero-order valence-corrected chi connectivity index (χ0v) is 15.6. The third kappa shape index (κ3) is 3.73. The molecule has 1 aromatic carbocycles. The number of rotatable bonds is 6. The van der Waals surface area contributed by atoms with E-state index in [1.54, 1.807) is 0 Å². The molecule has 1 aliphatic carbocycles. The third-order valence-corrected chi connectivity index (χ3v) is 5.61. The molecule has 0 bridgehead atoms. The summed E-state index contributed by atoms with van der Waals surface area (Å²) in [7, 11) is 0. The Hall–Kier alpha value is -2.31. The zero-order valence-electron chi connectivity index (χ0n) is 15.6. The van der Waals surface area contributed by atoms with Gasteiger partial charge in [-0.3, -0.25) is 5.10 Å². The molecular formula is C21H27N5O. The van der Waals surface area contributed by atoms with E-state index in [1.807, 2.05) is 0 Å². The van der Waals surface area contributed by atoms with Crippen LogP contribution in [0.3, 0.4) is 0 Å². The topological polar surface area (TPSA) is 65.2 Å². The molecule has 3 aliphatic rings. The molecule has 2 aromatic rings. The highest BCUT2D eigenvalue weighted by Crippen LogP contribution is 2.29. The molecule has 27 heavy (non-hydrogen) atoms. The maximum Gasteiger partial charge on any atom is 0.102 e. The van der Waals surface area contributed by atoms with Crippen LogP contribution in [0.1, 0.15) is 24.1 Å². The molecule has 0 amide bonds. The molecule has 2 aliphatic heterocycles. The number of ether oxygens (including phenoxy) is 1. The Balaban J connectivity index is 1.38. The first-order valence-electron chi connectivity index (χ1n) is 10.0. The van der Waals surface area contributed by atoms with E-state index >= 15 is 0 Å². The van der Waals surface area contributed by atoms with Gasteiger partial charge in [-0.1, -0.05) is 12.1 Å². The standard InChI is InChI=1S/C21H27N5O/c1-2-15(1)13-22-14-16-3-4-19-18(11-16)21(25-24-19)17-5-6-23-20(12-17)26-7-9-27-10-8-26/h3-5,11-12,15,22-23H,1-2,6-10,13-14H2,(H,24,25). The third-order valence-electron chi connectivity index (χ3n) is 5.61. The second kappa shape index (κ2) is 7.37. The highest BCUT2D eigenvalue weighted by Gasteiger charge is 2.21. The molecule has 6 heteroatoms. The number of hydrogen-bond acceptors (Lipinski definition) is 5. The largest absolute Gasteiger partial charge is 0.378 e. The van der Waals surface area contributed by atoms with E-state index in [9.17, 15) is 0 Å². The minimum absolute atomic E-state index is 0.792. The SMILES string of the molecule is C1=C(c2n[nH]c3ccc(CNCC4CC4)cc23)C=C(N2CCOCC2)NC1. The van der Waals surface area contributed by atoms with E-state index in [4.69, 9.17) is 4.74 Å². The van der Waals surface area contributed by atoms with E-state index < -0.39 is 0 Å². The van der Waals surface area contributed by atoms with E-state index in [1.165, 1.54) is 35.2 Å². The second-order valence-electron chi connectivity index (χ2n) is 7.70. The number of dihydropyridines is 1. The fourth-order valence-electron chi connectivity index (χ4n) is 3.83. The highest BCUT2D eigenvalue weighted by molar-refractivity contribution is 5.93. The molecule has 3 heterocycles. The Kier molecular flexibility index (Phi) is 4.59. The lowest BCUT2D eigenvalue weighted by Gasteiger charge is -2.32. The van der Waals surface area contributed by atoms with Gasteiger partial charge in [0.25, 0.3) is 0 Å². The minimum atomic E-state index is 0.792. The molecule has 0 spiro atoms. The zero-order chi connectivity index (χ0) is 18.1. The van der Waals surface area contributed by atoms with E-state index in [2.05, 4.69) is 56.1 Å². The van der Waals surface area contributed by atoms with Crippen LogP contribution in [-0.2, 0) is 11.3 Å². The Morgan fingerprint density at radius 1 is 1.22 bits per heavy atom. The number of nitrogens with zero attached hydrogens (tertiary/aromatic N) is 2. The van der Waals surface area contributed by atoms with Gasteiger partial charge < -0.3 is 20.3 Å². The predicted octanol–water partition coefficient (Wildman–Crippen LogP) is 2.22. The van der Waals surface area contributed by atoms with Crippen molar-refractivity contribution < 1.29 is 4.74 Å². The van der Waals surface area contributed by atoms with Gasteiger partial charge in [0.1, 0.15) is 5.82 Å². The van der Waals surface area contributed by atoms with Crippen molar-refractivity contribution in [2.45, 2.75) is 19.4 Å². The fraction of sp³-hybridized carbons (Fsp3) is 0.476. The van der Waals surface area contributed by atoms with Gasteiger partial charge in [0.2, 0.25) is 0 Å². The van der Waals surface area contributed by atoms with Gasteiger partial charge in [0, 0.05) is 37.1 Å². The van der Waals surface area contributed by atoms with Crippen molar-refractivity contribution in [3.63, 3.8) is 0 Å². The lowest BCUT2D eigenvalue weighted by atomic mass is 10.0. The number of morpholine rings is 1. The summed E-state index contributed by atoms with van der Waals surface area (Å²) in [5, 5.41) is 16.1. The van der Waals surface area contributed by atoms with Gasteiger partial charge in [-0.2, -0.15) is 5.10 Å². The molecule has 1 saturated heterocycles. The lowest BCUT2D eigenvalue weighted by molar-refractivity contribution is 0.0505. The monoisotopic (exact) mass is 365 g/mol. The molecule has 1 aromatic heterocycles. The molecule has 5 rings (SSSR count). The van der Waals surface area contributed by atoms with Crippen molar-refractivity contribution >= 4 is 16.5 Å². The molecule has 142 valence electrons. The average molecular weight is 365 g/mol. The Bertz CT molecular complexity index is 874. The first kappa shape index (κ1) is 16.8. The van der Waals surface area contributed by atoms with Crippen LogP contribution in [0.25, 0.3) is 16.5 Å². The van der Waals surface area contributed by atoms with Gasteiger partial charge in [-0.05, 0) is 49.1 Å². The molecule has 2 fully saturated rings. The number of benzene rings is 1. The summed E-state index contributed by atoms with van der Waals surface area (Å²) in [5.41, 5.74) is 4.64. The summed E-state index contributed by atoms with van der Waals surface area (Å²) in [6.07, 6.45) is 7.22. The smallest absolute Gasteiger partial charge is 0.102 e. The second-order valence-corrected chi connectivity index (χ2v) is 7.70. The number of H-pyrrole nitrogens is 1. The lowest BCUT2D eigenvalue weighted by Crippen LogP contribution is -2.41. The van der Waals surface area contributed by atoms with Gasteiger partial charge in [-0.15, -0.1) is 0 Å². The van der Waals surface area contributed by atoms with Crippen LogP contribution in [0.4, 0.5) is 0 Å². The van der Waals surface area contributed by atoms with Crippen LogP contribution >= 0.6 is 0 Å². The van der Waals surface area contributed by atoms with Crippen LogP contribution in [0.15, 0.2) is 36.2 Å². The molecule has 6 nitrogen and oxygen atoms in total. The molecule has 0 atom stereocenters. The van der Waals surface area contributed by atoms with Crippen molar-refractivity contribution in [1.29, 1.82) is 0 Å². The maximum absolute atomic E-state index is 5.48. The molecular weight excluding hydrogens is 338 g/mol. The van der Waals surface area contributed by atoms with E-state index in [0.29, 0.717) is 0 Å². The van der Waals surface area contributed by atoms with Gasteiger partial charge >= 0.3 is 0 Å². The summed E-state index contributed by atoms with van der Waals surface area (Å²) in [6.45, 7) is 6.34. The molecule has 0 unspecified atom stereocenters. The number of aromatic nitrogens is 2. The number of nitrogens with one attached hydrogen (secondary N) is 3. The first-order valence-corrected chi connectivity index (χ1v) is 10.0. The van der Waals surface area contributed by atoms with Gasteiger partial charge in [0.05, 0.1) is 24.4 Å².